The molecule has 0 aliphatic carbocycles. The molecule has 2 N–H and O–H groups in total. The molecule has 0 saturated carbocycles. The minimum Gasteiger partial charge on any atom is -0.480 e. The van der Waals surface area contributed by atoms with Gasteiger partial charge in [0.1, 0.15) is 6.04 Å². The molecule has 2 rings (SSSR count). The lowest BCUT2D eigenvalue weighted by Gasteiger charge is -2.16. The van der Waals surface area contributed by atoms with E-state index in [2.05, 4.69) is 11.9 Å². The maximum absolute atomic E-state index is 12.5. The molecule has 148 valence electrons. The Morgan fingerprint density at radius 2 is 1.85 bits per heavy atom. The Morgan fingerprint density at radius 1 is 1.22 bits per heavy atom. The van der Waals surface area contributed by atoms with Crippen molar-refractivity contribution in [2.75, 3.05) is 13.1 Å². The molecule has 1 amide bonds. The fraction of sp³-hybridized carbons (Fsp3) is 0.474. The van der Waals surface area contributed by atoms with E-state index >= 15 is 0 Å². The molecule has 1 aliphatic heterocycles. The van der Waals surface area contributed by atoms with E-state index in [1.807, 2.05) is 0 Å². The van der Waals surface area contributed by atoms with Crippen molar-refractivity contribution in [3.05, 3.63) is 42.5 Å². The van der Waals surface area contributed by atoms with E-state index in [1.165, 1.54) is 4.31 Å². The van der Waals surface area contributed by atoms with Crippen LogP contribution in [0.3, 0.4) is 0 Å². The van der Waals surface area contributed by atoms with Crippen LogP contribution < -0.4 is 5.32 Å². The van der Waals surface area contributed by atoms with Gasteiger partial charge in [0.25, 0.3) is 0 Å². The van der Waals surface area contributed by atoms with Gasteiger partial charge in [-0.1, -0.05) is 18.2 Å². The lowest BCUT2D eigenvalue weighted by molar-refractivity contribution is -0.142. The van der Waals surface area contributed by atoms with Crippen LogP contribution in [0.1, 0.15) is 37.7 Å². The summed E-state index contributed by atoms with van der Waals surface area (Å²) in [4.78, 5) is 23.4. The van der Waals surface area contributed by atoms with Crippen molar-refractivity contribution in [2.45, 2.75) is 49.5 Å². The summed E-state index contributed by atoms with van der Waals surface area (Å²) in [6.07, 6.45) is 4.73. The third kappa shape index (κ3) is 5.90. The molecule has 7 nitrogen and oxygen atoms in total. The van der Waals surface area contributed by atoms with Crippen molar-refractivity contribution >= 4 is 21.9 Å². The predicted molar refractivity (Wildman–Crippen MR) is 102 cm³/mol. The van der Waals surface area contributed by atoms with E-state index in [4.69, 9.17) is 5.11 Å². The molecule has 0 bridgehead atoms. The van der Waals surface area contributed by atoms with Gasteiger partial charge in [-0.3, -0.25) is 4.79 Å². The van der Waals surface area contributed by atoms with Crippen molar-refractivity contribution in [3.8, 4) is 0 Å². The molecule has 0 radical (unpaired) electrons. The number of aryl methyl sites for hydroxylation is 1. The maximum atomic E-state index is 12.5. The topological polar surface area (TPSA) is 104 Å². The molecule has 1 fully saturated rings. The van der Waals surface area contributed by atoms with Crippen LogP contribution in [-0.4, -0.2) is 48.8 Å². The second-order valence-corrected chi connectivity index (χ2v) is 8.52. The van der Waals surface area contributed by atoms with Gasteiger partial charge in [0.15, 0.2) is 0 Å². The number of benzene rings is 1. The number of carboxylic acids is 1. The Bertz CT molecular complexity index is 768. The number of amides is 1. The lowest BCUT2D eigenvalue weighted by atomic mass is 10.1. The molecule has 1 atom stereocenters. The largest absolute Gasteiger partial charge is 0.480 e. The van der Waals surface area contributed by atoms with Crippen molar-refractivity contribution in [2.24, 2.45) is 0 Å². The van der Waals surface area contributed by atoms with Crippen LogP contribution in [0.4, 0.5) is 0 Å². The van der Waals surface area contributed by atoms with Crippen LogP contribution >= 0.6 is 0 Å². The van der Waals surface area contributed by atoms with Gasteiger partial charge < -0.3 is 10.4 Å². The minimum atomic E-state index is -3.44. The van der Waals surface area contributed by atoms with Gasteiger partial charge in [0, 0.05) is 19.5 Å². The van der Waals surface area contributed by atoms with Crippen molar-refractivity contribution in [1.29, 1.82) is 0 Å². The highest BCUT2D eigenvalue weighted by Gasteiger charge is 2.27. The average Bonchev–Trinajstić information content (AvgIpc) is 3.19. The molecule has 1 aliphatic rings. The highest BCUT2D eigenvalue weighted by molar-refractivity contribution is 7.89. The summed E-state index contributed by atoms with van der Waals surface area (Å²) in [7, 11) is -3.44. The summed E-state index contributed by atoms with van der Waals surface area (Å²) in [6, 6.07) is 5.59. The van der Waals surface area contributed by atoms with Gasteiger partial charge in [-0.15, -0.1) is 6.58 Å². The quantitative estimate of drug-likeness (QED) is 0.590. The molecule has 0 spiro atoms. The molecule has 1 aromatic rings. The minimum absolute atomic E-state index is 0.135. The summed E-state index contributed by atoms with van der Waals surface area (Å²) in [5, 5.41) is 11.6. The van der Waals surface area contributed by atoms with Gasteiger partial charge >= 0.3 is 5.97 Å². The van der Waals surface area contributed by atoms with Crippen LogP contribution in [0.25, 0.3) is 0 Å². The Morgan fingerprint density at radius 3 is 2.41 bits per heavy atom. The Labute approximate surface area is 160 Å². The van der Waals surface area contributed by atoms with Crippen molar-refractivity contribution in [3.63, 3.8) is 0 Å². The molecule has 1 unspecified atom stereocenters. The molecule has 8 heteroatoms. The predicted octanol–water partition coefficient (Wildman–Crippen LogP) is 1.94. The Balaban J connectivity index is 1.89. The zero-order valence-corrected chi connectivity index (χ0v) is 16.1. The molecule has 27 heavy (non-hydrogen) atoms. The summed E-state index contributed by atoms with van der Waals surface area (Å²) in [5.74, 6) is -1.41. The number of allylic oxidation sites excluding steroid dienone is 1. The molecular formula is C19H26N2O5S. The number of nitrogens with one attached hydrogen (secondary N) is 1. The maximum Gasteiger partial charge on any atom is 0.326 e. The van der Waals surface area contributed by atoms with E-state index in [-0.39, 0.29) is 17.2 Å². The molecular weight excluding hydrogens is 368 g/mol. The molecule has 1 heterocycles. The smallest absolute Gasteiger partial charge is 0.326 e. The first-order chi connectivity index (χ1) is 12.8. The second kappa shape index (κ2) is 9.66. The Kier molecular flexibility index (Phi) is 7.55. The van der Waals surface area contributed by atoms with Crippen LogP contribution in [0.2, 0.25) is 0 Å². The molecule has 1 aromatic carbocycles. The van der Waals surface area contributed by atoms with Crippen LogP contribution in [-0.2, 0) is 26.0 Å². The van der Waals surface area contributed by atoms with Crippen LogP contribution in [0, 0.1) is 0 Å². The fourth-order valence-corrected chi connectivity index (χ4v) is 4.49. The van der Waals surface area contributed by atoms with Crippen molar-refractivity contribution in [1.82, 2.24) is 9.62 Å². The van der Waals surface area contributed by atoms with Crippen molar-refractivity contribution < 1.29 is 23.1 Å². The number of aliphatic carboxylic acids is 1. The van der Waals surface area contributed by atoms with Gasteiger partial charge in [-0.25, -0.2) is 13.2 Å². The summed E-state index contributed by atoms with van der Waals surface area (Å²) in [5.41, 5.74) is 0.823. The number of hydrogen-bond acceptors (Lipinski definition) is 4. The third-order valence-corrected chi connectivity index (χ3v) is 6.47. The van der Waals surface area contributed by atoms with Crippen LogP contribution in [0.15, 0.2) is 41.8 Å². The van der Waals surface area contributed by atoms with E-state index in [1.54, 1.807) is 30.3 Å². The zero-order valence-electron chi connectivity index (χ0n) is 15.3. The highest BCUT2D eigenvalue weighted by Crippen LogP contribution is 2.21. The van der Waals surface area contributed by atoms with E-state index in [0.29, 0.717) is 32.4 Å². The van der Waals surface area contributed by atoms with E-state index < -0.39 is 22.0 Å². The number of sulfonamides is 1. The fourth-order valence-electron chi connectivity index (χ4n) is 2.97. The lowest BCUT2D eigenvalue weighted by Crippen LogP contribution is -2.40. The second-order valence-electron chi connectivity index (χ2n) is 6.58. The standard InChI is InChI=1S/C19H26N2O5S/c1-2-3-6-17(19(23)24)20-18(22)12-9-15-7-10-16(11-8-15)27(25,26)21-13-4-5-14-21/h2,7-8,10-11,17H,1,3-6,9,12-14H2,(H,20,22)(H,23,24). The van der Waals surface area contributed by atoms with Gasteiger partial charge in [0.2, 0.25) is 15.9 Å². The number of carbonyl (C=O) groups excluding carboxylic acids is 1. The van der Waals surface area contributed by atoms with Gasteiger partial charge in [-0.05, 0) is 49.8 Å². The van der Waals surface area contributed by atoms with Gasteiger partial charge in [0.05, 0.1) is 4.90 Å². The van der Waals surface area contributed by atoms with E-state index in [0.717, 1.165) is 18.4 Å². The zero-order chi connectivity index (χ0) is 19.9. The average molecular weight is 394 g/mol. The number of carbonyl (C=O) groups is 2. The van der Waals surface area contributed by atoms with E-state index in [9.17, 15) is 18.0 Å². The monoisotopic (exact) mass is 394 g/mol. The summed E-state index contributed by atoms with van der Waals surface area (Å²) in [6.45, 7) is 4.66. The first-order valence-electron chi connectivity index (χ1n) is 9.06. The SMILES string of the molecule is C=CCCC(NC(=O)CCc1ccc(S(=O)(=O)N2CCCC2)cc1)C(=O)O. The number of nitrogens with zero attached hydrogens (tertiary/aromatic N) is 1. The Hall–Kier alpha value is -2.19. The normalized spacial score (nSPS) is 16.0. The third-order valence-electron chi connectivity index (χ3n) is 4.56. The van der Waals surface area contributed by atoms with Crippen LogP contribution in [0.5, 0.6) is 0 Å². The molecule has 1 saturated heterocycles. The molecule has 0 aromatic heterocycles. The first-order valence-corrected chi connectivity index (χ1v) is 10.5. The number of hydrogen-bond donors (Lipinski definition) is 2. The number of rotatable bonds is 10. The number of carboxylic acid groups (broad SMARTS) is 1. The summed E-state index contributed by atoms with van der Waals surface area (Å²) >= 11 is 0. The first kappa shape index (κ1) is 21.1. The highest BCUT2D eigenvalue weighted by atomic mass is 32.2. The van der Waals surface area contributed by atoms with Gasteiger partial charge in [-0.2, -0.15) is 4.31 Å². The summed E-state index contributed by atoms with van der Waals surface area (Å²) < 4.78 is 26.5.